The molecule has 21 heavy (non-hydrogen) atoms. The molecule has 1 N–H and O–H groups in total. The van der Waals surface area contributed by atoms with Crippen molar-refractivity contribution in [2.75, 3.05) is 5.32 Å². The molecule has 0 aliphatic rings. The molecule has 5 nitrogen and oxygen atoms in total. The van der Waals surface area contributed by atoms with Crippen molar-refractivity contribution >= 4 is 33.2 Å². The second-order valence-electron chi connectivity index (χ2n) is 4.36. The summed E-state index contributed by atoms with van der Waals surface area (Å²) in [4.78, 5) is 21.9. The summed E-state index contributed by atoms with van der Waals surface area (Å²) in [6, 6.07) is 8.40. The minimum atomic E-state index is -0.978. The SMILES string of the molecule is Cc1ccc(Br)c(NC(=O)c2ccc(F)c([N+](=O)[O-])c2)c1. The highest BCUT2D eigenvalue weighted by Crippen LogP contribution is 2.25. The minimum absolute atomic E-state index is 0.0107. The summed E-state index contributed by atoms with van der Waals surface area (Å²) in [7, 11) is 0. The molecule has 0 unspecified atom stereocenters. The molecule has 0 radical (unpaired) electrons. The van der Waals surface area contributed by atoms with Crippen molar-refractivity contribution in [3.8, 4) is 0 Å². The van der Waals surface area contributed by atoms with E-state index in [-0.39, 0.29) is 5.56 Å². The Kier molecular flexibility index (Phi) is 4.32. The highest BCUT2D eigenvalue weighted by molar-refractivity contribution is 9.10. The molecule has 0 aliphatic heterocycles. The highest BCUT2D eigenvalue weighted by atomic mass is 79.9. The lowest BCUT2D eigenvalue weighted by Gasteiger charge is -2.08. The number of carbonyl (C=O) groups is 1. The number of nitrogens with zero attached hydrogens (tertiary/aromatic N) is 1. The Balaban J connectivity index is 2.30. The Morgan fingerprint density at radius 3 is 2.67 bits per heavy atom. The average Bonchev–Trinajstić information content (AvgIpc) is 2.43. The van der Waals surface area contributed by atoms with Crippen LogP contribution in [-0.2, 0) is 0 Å². The van der Waals surface area contributed by atoms with Gasteiger partial charge in [-0.15, -0.1) is 0 Å². The normalized spacial score (nSPS) is 10.2. The van der Waals surface area contributed by atoms with E-state index in [0.29, 0.717) is 10.2 Å². The van der Waals surface area contributed by atoms with E-state index >= 15 is 0 Å². The number of carbonyl (C=O) groups excluding carboxylic acids is 1. The van der Waals surface area contributed by atoms with Crippen LogP contribution in [-0.4, -0.2) is 10.8 Å². The van der Waals surface area contributed by atoms with E-state index in [1.807, 2.05) is 13.0 Å². The Hall–Kier alpha value is -2.28. The van der Waals surface area contributed by atoms with Crippen LogP contribution in [0.3, 0.4) is 0 Å². The van der Waals surface area contributed by atoms with Crippen molar-refractivity contribution in [3.63, 3.8) is 0 Å². The van der Waals surface area contributed by atoms with Crippen molar-refractivity contribution in [1.82, 2.24) is 0 Å². The van der Waals surface area contributed by atoms with Gasteiger partial charge in [0.05, 0.1) is 10.6 Å². The van der Waals surface area contributed by atoms with E-state index in [1.165, 1.54) is 6.07 Å². The summed E-state index contributed by atoms with van der Waals surface area (Å²) in [6.45, 7) is 1.87. The molecule has 0 aliphatic carbocycles. The number of rotatable bonds is 3. The number of amides is 1. The number of nitro groups is 1. The van der Waals surface area contributed by atoms with Crippen LogP contribution in [0.4, 0.5) is 15.8 Å². The summed E-state index contributed by atoms with van der Waals surface area (Å²) in [5.74, 6) is -1.53. The van der Waals surface area contributed by atoms with Crippen LogP contribution in [0, 0.1) is 22.9 Å². The average molecular weight is 353 g/mol. The molecular weight excluding hydrogens is 343 g/mol. The van der Waals surface area contributed by atoms with E-state index in [1.54, 1.807) is 12.1 Å². The molecule has 0 saturated heterocycles. The van der Waals surface area contributed by atoms with Crippen LogP contribution in [0.2, 0.25) is 0 Å². The van der Waals surface area contributed by atoms with E-state index in [4.69, 9.17) is 0 Å². The minimum Gasteiger partial charge on any atom is -0.321 e. The lowest BCUT2D eigenvalue weighted by Crippen LogP contribution is -2.13. The van der Waals surface area contributed by atoms with Gasteiger partial charge in [0.1, 0.15) is 0 Å². The third-order valence-corrected chi connectivity index (χ3v) is 3.47. The Morgan fingerprint density at radius 1 is 1.29 bits per heavy atom. The van der Waals surface area contributed by atoms with Gasteiger partial charge in [0.2, 0.25) is 5.82 Å². The molecular formula is C14H10BrFN2O3. The number of hydrogen-bond acceptors (Lipinski definition) is 3. The fourth-order valence-corrected chi connectivity index (χ4v) is 2.07. The first kappa shape index (κ1) is 15.1. The number of nitrogens with one attached hydrogen (secondary N) is 1. The molecule has 2 aromatic rings. The predicted octanol–water partition coefficient (Wildman–Crippen LogP) is 4.06. The molecule has 0 heterocycles. The van der Waals surface area contributed by atoms with E-state index in [2.05, 4.69) is 21.2 Å². The Bertz CT molecular complexity index is 734. The monoisotopic (exact) mass is 352 g/mol. The molecule has 0 spiro atoms. The standard InChI is InChI=1S/C14H10BrFN2O3/c1-8-2-4-10(15)12(6-8)17-14(19)9-3-5-11(16)13(7-9)18(20)21/h2-7H,1H3,(H,17,19). The number of halogens is 2. The van der Waals surface area contributed by atoms with Crippen LogP contribution < -0.4 is 5.32 Å². The second kappa shape index (κ2) is 6.01. The lowest BCUT2D eigenvalue weighted by atomic mass is 10.1. The first-order valence-corrected chi connectivity index (χ1v) is 6.69. The topological polar surface area (TPSA) is 72.2 Å². The van der Waals surface area contributed by atoms with Gasteiger partial charge >= 0.3 is 5.69 Å². The molecule has 0 bridgehead atoms. The molecule has 0 aromatic heterocycles. The van der Waals surface area contributed by atoms with Gasteiger partial charge in [-0.3, -0.25) is 14.9 Å². The van der Waals surface area contributed by atoms with Gasteiger partial charge in [-0.2, -0.15) is 4.39 Å². The maximum atomic E-state index is 13.2. The third-order valence-electron chi connectivity index (χ3n) is 2.78. The summed E-state index contributed by atoms with van der Waals surface area (Å²) in [6.07, 6.45) is 0. The number of benzene rings is 2. The van der Waals surface area contributed by atoms with Gasteiger partial charge in [0.15, 0.2) is 0 Å². The van der Waals surface area contributed by atoms with Gasteiger partial charge in [-0.05, 0) is 52.7 Å². The van der Waals surface area contributed by atoms with Crippen LogP contribution in [0.15, 0.2) is 40.9 Å². The molecule has 2 aromatic carbocycles. The molecule has 2 rings (SSSR count). The maximum absolute atomic E-state index is 13.2. The van der Waals surface area contributed by atoms with Crippen LogP contribution >= 0.6 is 15.9 Å². The number of hydrogen-bond donors (Lipinski definition) is 1. The smallest absolute Gasteiger partial charge is 0.305 e. The predicted molar refractivity (Wildman–Crippen MR) is 79.9 cm³/mol. The summed E-state index contributed by atoms with van der Waals surface area (Å²) in [5.41, 5.74) is 0.757. The zero-order chi connectivity index (χ0) is 15.6. The Labute approximate surface area is 128 Å². The third kappa shape index (κ3) is 3.43. The zero-order valence-corrected chi connectivity index (χ0v) is 12.5. The first-order chi connectivity index (χ1) is 9.88. The summed E-state index contributed by atoms with van der Waals surface area (Å²) < 4.78 is 13.9. The highest BCUT2D eigenvalue weighted by Gasteiger charge is 2.18. The fourth-order valence-electron chi connectivity index (χ4n) is 1.72. The van der Waals surface area contributed by atoms with E-state index in [0.717, 1.165) is 17.7 Å². The fraction of sp³-hybridized carbons (Fsp3) is 0.0714. The van der Waals surface area contributed by atoms with Crippen molar-refractivity contribution in [2.45, 2.75) is 6.92 Å². The first-order valence-electron chi connectivity index (χ1n) is 5.90. The van der Waals surface area contributed by atoms with E-state index < -0.39 is 22.3 Å². The summed E-state index contributed by atoms with van der Waals surface area (Å²) >= 11 is 3.30. The Morgan fingerprint density at radius 2 is 2.00 bits per heavy atom. The van der Waals surface area contributed by atoms with Gasteiger partial charge in [-0.25, -0.2) is 0 Å². The number of aryl methyl sites for hydroxylation is 1. The van der Waals surface area contributed by atoms with E-state index in [9.17, 15) is 19.3 Å². The van der Waals surface area contributed by atoms with Crippen LogP contribution in [0.1, 0.15) is 15.9 Å². The van der Waals surface area contributed by atoms with Gasteiger partial charge < -0.3 is 5.32 Å². The zero-order valence-electron chi connectivity index (χ0n) is 10.9. The molecule has 0 fully saturated rings. The maximum Gasteiger partial charge on any atom is 0.305 e. The van der Waals surface area contributed by atoms with Crippen LogP contribution in [0.25, 0.3) is 0 Å². The van der Waals surface area contributed by atoms with Gasteiger partial charge in [-0.1, -0.05) is 6.07 Å². The molecule has 7 heteroatoms. The molecule has 1 amide bonds. The van der Waals surface area contributed by atoms with Gasteiger partial charge in [0.25, 0.3) is 5.91 Å². The number of anilines is 1. The molecule has 108 valence electrons. The van der Waals surface area contributed by atoms with Gasteiger partial charge in [0, 0.05) is 16.1 Å². The van der Waals surface area contributed by atoms with Crippen molar-refractivity contribution in [1.29, 1.82) is 0 Å². The quantitative estimate of drug-likeness (QED) is 0.668. The summed E-state index contributed by atoms with van der Waals surface area (Å²) in [5, 5.41) is 13.3. The number of nitro benzene ring substituents is 1. The van der Waals surface area contributed by atoms with Crippen molar-refractivity contribution in [2.24, 2.45) is 0 Å². The molecule has 0 saturated carbocycles. The van der Waals surface area contributed by atoms with Crippen molar-refractivity contribution < 1.29 is 14.1 Å². The second-order valence-corrected chi connectivity index (χ2v) is 5.22. The molecule has 0 atom stereocenters. The van der Waals surface area contributed by atoms with Crippen LogP contribution in [0.5, 0.6) is 0 Å². The van der Waals surface area contributed by atoms with Crippen molar-refractivity contribution in [3.05, 3.63) is 67.9 Å². The largest absolute Gasteiger partial charge is 0.321 e. The lowest BCUT2D eigenvalue weighted by molar-refractivity contribution is -0.387.